The van der Waals surface area contributed by atoms with Crippen molar-refractivity contribution in [2.75, 3.05) is 5.32 Å². The Kier molecular flexibility index (Phi) is 4.74. The molecule has 2 N–H and O–H groups in total. The van der Waals surface area contributed by atoms with Crippen LogP contribution in [0.1, 0.15) is 31.9 Å². The number of fused-ring (bicyclic) bond motifs is 1. The van der Waals surface area contributed by atoms with E-state index in [1.165, 1.54) is 12.4 Å². The standard InChI is InChI=1S/C18H17F3N6/c1-9(2)10(3)26-17-25-6-11(5-22)15(27-17)14-8-24-16-13(14)4-12(7-23-16)18(19,20)21/h4,6-10H,1-3H3,(H,23,24)(H,25,26,27). The molecule has 1 unspecified atom stereocenters. The van der Waals surface area contributed by atoms with E-state index in [0.717, 1.165) is 12.3 Å². The predicted molar refractivity (Wildman–Crippen MR) is 94.8 cm³/mol. The maximum absolute atomic E-state index is 13.0. The van der Waals surface area contributed by atoms with Gasteiger partial charge in [0.05, 0.1) is 23.0 Å². The molecule has 0 aliphatic carbocycles. The zero-order valence-electron chi connectivity index (χ0n) is 14.9. The molecule has 3 aromatic rings. The fourth-order valence-corrected chi connectivity index (χ4v) is 2.46. The van der Waals surface area contributed by atoms with Gasteiger partial charge in [-0.2, -0.15) is 18.4 Å². The van der Waals surface area contributed by atoms with Gasteiger partial charge in [-0.3, -0.25) is 0 Å². The second-order valence-electron chi connectivity index (χ2n) is 6.56. The number of rotatable bonds is 4. The SMILES string of the molecule is CC(C)C(C)Nc1ncc(C#N)c(-c2c[nH]c3ncc(C(F)(F)F)cc23)n1. The van der Waals surface area contributed by atoms with E-state index in [9.17, 15) is 18.4 Å². The summed E-state index contributed by atoms with van der Waals surface area (Å²) in [6.07, 6.45) is -0.891. The van der Waals surface area contributed by atoms with Crippen LogP contribution in [0, 0.1) is 17.2 Å². The first kappa shape index (κ1) is 18.6. The van der Waals surface area contributed by atoms with Gasteiger partial charge in [0.25, 0.3) is 0 Å². The largest absolute Gasteiger partial charge is 0.417 e. The lowest BCUT2D eigenvalue weighted by atomic mass is 10.1. The molecule has 0 saturated heterocycles. The van der Waals surface area contributed by atoms with E-state index in [0.29, 0.717) is 17.4 Å². The van der Waals surface area contributed by atoms with E-state index >= 15 is 0 Å². The Hall–Kier alpha value is -3.15. The first-order valence-electron chi connectivity index (χ1n) is 8.29. The molecule has 3 rings (SSSR count). The number of anilines is 1. The third kappa shape index (κ3) is 3.69. The predicted octanol–water partition coefficient (Wildman–Crippen LogP) is 4.37. The fraction of sp³-hybridized carbons (Fsp3) is 0.333. The summed E-state index contributed by atoms with van der Waals surface area (Å²) in [5.41, 5.74) is 0.193. The van der Waals surface area contributed by atoms with Crippen molar-refractivity contribution < 1.29 is 13.2 Å². The fourth-order valence-electron chi connectivity index (χ4n) is 2.46. The Morgan fingerprint density at radius 2 is 1.93 bits per heavy atom. The molecule has 9 heteroatoms. The zero-order valence-corrected chi connectivity index (χ0v) is 14.9. The Labute approximate surface area is 153 Å². The molecule has 3 aromatic heterocycles. The van der Waals surface area contributed by atoms with Crippen molar-refractivity contribution in [3.05, 3.63) is 35.8 Å². The molecule has 0 aromatic carbocycles. The van der Waals surface area contributed by atoms with Crippen molar-refractivity contribution in [2.45, 2.75) is 33.0 Å². The lowest BCUT2D eigenvalue weighted by molar-refractivity contribution is -0.137. The minimum absolute atomic E-state index is 0.0762. The van der Waals surface area contributed by atoms with Gasteiger partial charge in [0.15, 0.2) is 0 Å². The zero-order chi connectivity index (χ0) is 19.8. The Bertz CT molecular complexity index is 1020. The molecule has 0 radical (unpaired) electrons. The summed E-state index contributed by atoms with van der Waals surface area (Å²) in [6, 6.07) is 3.06. The minimum atomic E-state index is -4.52. The van der Waals surface area contributed by atoms with Crippen molar-refractivity contribution in [1.29, 1.82) is 5.26 Å². The van der Waals surface area contributed by atoms with Crippen molar-refractivity contribution in [2.24, 2.45) is 5.92 Å². The van der Waals surface area contributed by atoms with E-state index in [2.05, 4.69) is 25.3 Å². The van der Waals surface area contributed by atoms with Gasteiger partial charge >= 0.3 is 6.18 Å². The average Bonchev–Trinajstić information content (AvgIpc) is 3.03. The number of halogens is 3. The number of nitrogens with zero attached hydrogens (tertiary/aromatic N) is 4. The van der Waals surface area contributed by atoms with Crippen LogP contribution in [-0.4, -0.2) is 26.0 Å². The van der Waals surface area contributed by atoms with Gasteiger partial charge in [0, 0.05) is 29.4 Å². The van der Waals surface area contributed by atoms with Crippen LogP contribution in [0.2, 0.25) is 0 Å². The number of alkyl halides is 3. The molecule has 140 valence electrons. The summed E-state index contributed by atoms with van der Waals surface area (Å²) in [5.74, 6) is 0.624. The number of nitrogens with one attached hydrogen (secondary N) is 2. The quantitative estimate of drug-likeness (QED) is 0.708. The Morgan fingerprint density at radius 1 is 1.19 bits per heavy atom. The number of H-pyrrole nitrogens is 1. The number of aromatic amines is 1. The number of aromatic nitrogens is 4. The van der Waals surface area contributed by atoms with Gasteiger partial charge in [-0.05, 0) is 18.9 Å². The van der Waals surface area contributed by atoms with E-state index in [1.807, 2.05) is 26.8 Å². The van der Waals surface area contributed by atoms with Crippen LogP contribution < -0.4 is 5.32 Å². The van der Waals surface area contributed by atoms with Crippen LogP contribution in [0.3, 0.4) is 0 Å². The highest BCUT2D eigenvalue weighted by atomic mass is 19.4. The highest BCUT2D eigenvalue weighted by Gasteiger charge is 2.31. The molecule has 1 atom stereocenters. The maximum atomic E-state index is 13.0. The number of pyridine rings is 1. The van der Waals surface area contributed by atoms with Crippen LogP contribution in [0.15, 0.2) is 24.7 Å². The molecule has 0 bridgehead atoms. The summed E-state index contributed by atoms with van der Waals surface area (Å²) >= 11 is 0. The summed E-state index contributed by atoms with van der Waals surface area (Å²) < 4.78 is 39.1. The van der Waals surface area contributed by atoms with E-state index in [1.54, 1.807) is 0 Å². The molecule has 0 spiro atoms. The lowest BCUT2D eigenvalue weighted by Crippen LogP contribution is -2.23. The summed E-state index contributed by atoms with van der Waals surface area (Å²) in [6.45, 7) is 6.04. The second-order valence-corrected chi connectivity index (χ2v) is 6.56. The van der Waals surface area contributed by atoms with Crippen molar-refractivity contribution >= 4 is 17.0 Å². The van der Waals surface area contributed by atoms with Crippen LogP contribution in [-0.2, 0) is 6.18 Å². The van der Waals surface area contributed by atoms with Gasteiger partial charge in [0.1, 0.15) is 11.7 Å². The highest BCUT2D eigenvalue weighted by molar-refractivity contribution is 5.94. The summed E-state index contributed by atoms with van der Waals surface area (Å²) in [5, 5.41) is 12.8. The highest BCUT2D eigenvalue weighted by Crippen LogP contribution is 2.34. The van der Waals surface area contributed by atoms with Crippen LogP contribution >= 0.6 is 0 Å². The number of nitriles is 1. The van der Waals surface area contributed by atoms with Gasteiger partial charge in [-0.15, -0.1) is 0 Å². The van der Waals surface area contributed by atoms with Gasteiger partial charge in [-0.1, -0.05) is 13.8 Å². The molecule has 0 aliphatic rings. The van der Waals surface area contributed by atoms with E-state index < -0.39 is 11.7 Å². The minimum Gasteiger partial charge on any atom is -0.351 e. The van der Waals surface area contributed by atoms with Crippen molar-refractivity contribution in [1.82, 2.24) is 19.9 Å². The van der Waals surface area contributed by atoms with E-state index in [-0.39, 0.29) is 28.3 Å². The second kappa shape index (κ2) is 6.87. The lowest BCUT2D eigenvalue weighted by Gasteiger charge is -2.17. The molecule has 6 nitrogen and oxygen atoms in total. The molecule has 27 heavy (non-hydrogen) atoms. The molecule has 0 amide bonds. The maximum Gasteiger partial charge on any atom is 0.417 e. The normalized spacial score (nSPS) is 13.0. The van der Waals surface area contributed by atoms with Crippen molar-refractivity contribution in [3.63, 3.8) is 0 Å². The van der Waals surface area contributed by atoms with Gasteiger partial charge in [0.2, 0.25) is 5.95 Å². The van der Waals surface area contributed by atoms with Crippen molar-refractivity contribution in [3.8, 4) is 17.3 Å². The van der Waals surface area contributed by atoms with Gasteiger partial charge in [-0.25, -0.2) is 15.0 Å². The molecular weight excluding hydrogens is 357 g/mol. The monoisotopic (exact) mass is 374 g/mol. The van der Waals surface area contributed by atoms with Crippen LogP contribution in [0.4, 0.5) is 19.1 Å². The molecule has 0 aliphatic heterocycles. The smallest absolute Gasteiger partial charge is 0.351 e. The Balaban J connectivity index is 2.13. The third-order valence-electron chi connectivity index (χ3n) is 4.38. The van der Waals surface area contributed by atoms with Crippen LogP contribution in [0.5, 0.6) is 0 Å². The average molecular weight is 374 g/mol. The van der Waals surface area contributed by atoms with Gasteiger partial charge < -0.3 is 10.3 Å². The Morgan fingerprint density at radius 3 is 2.56 bits per heavy atom. The van der Waals surface area contributed by atoms with E-state index in [4.69, 9.17) is 0 Å². The van der Waals surface area contributed by atoms with Crippen LogP contribution in [0.25, 0.3) is 22.3 Å². The molecule has 0 saturated carbocycles. The first-order chi connectivity index (χ1) is 12.7. The summed E-state index contributed by atoms with van der Waals surface area (Å²) in [7, 11) is 0. The number of hydrogen-bond donors (Lipinski definition) is 2. The summed E-state index contributed by atoms with van der Waals surface area (Å²) in [4.78, 5) is 15.2. The molecular formula is C18H17F3N6. The molecule has 3 heterocycles. The first-order valence-corrected chi connectivity index (χ1v) is 8.29. The topological polar surface area (TPSA) is 90.3 Å². The number of hydrogen-bond acceptors (Lipinski definition) is 5. The molecule has 0 fully saturated rings. The third-order valence-corrected chi connectivity index (χ3v) is 4.38.